The maximum Gasteiger partial charge on any atom is 0.181 e. The summed E-state index contributed by atoms with van der Waals surface area (Å²) in [5.41, 5.74) is 1.06. The molecular formula is C13H16N4. The second kappa shape index (κ2) is 4.30. The van der Waals surface area contributed by atoms with Gasteiger partial charge in [0.2, 0.25) is 0 Å². The lowest BCUT2D eigenvalue weighted by atomic mass is 9.98. The van der Waals surface area contributed by atoms with Crippen LogP contribution in [0.4, 0.5) is 0 Å². The Kier molecular flexibility index (Phi) is 2.65. The van der Waals surface area contributed by atoms with Gasteiger partial charge in [0.15, 0.2) is 5.82 Å². The Bertz CT molecular complexity index is 491. The minimum Gasteiger partial charge on any atom is -0.316 e. The molecule has 2 N–H and O–H groups in total. The molecule has 0 saturated carbocycles. The van der Waals surface area contributed by atoms with Crippen LogP contribution < -0.4 is 5.32 Å². The molecule has 2 atom stereocenters. The van der Waals surface area contributed by atoms with Gasteiger partial charge >= 0.3 is 0 Å². The van der Waals surface area contributed by atoms with Gasteiger partial charge in [-0.15, -0.1) is 0 Å². The lowest BCUT2D eigenvalue weighted by molar-refractivity contribution is 0.547. The van der Waals surface area contributed by atoms with E-state index >= 15 is 0 Å². The summed E-state index contributed by atoms with van der Waals surface area (Å²) < 4.78 is 0. The van der Waals surface area contributed by atoms with Crippen LogP contribution in [-0.4, -0.2) is 28.3 Å². The van der Waals surface area contributed by atoms with Gasteiger partial charge in [-0.25, -0.2) is 4.98 Å². The zero-order valence-corrected chi connectivity index (χ0v) is 9.85. The molecule has 1 aliphatic rings. The summed E-state index contributed by atoms with van der Waals surface area (Å²) >= 11 is 0. The van der Waals surface area contributed by atoms with Crippen molar-refractivity contribution in [2.75, 3.05) is 13.1 Å². The van der Waals surface area contributed by atoms with Crippen LogP contribution in [0.3, 0.4) is 0 Å². The molecule has 0 radical (unpaired) electrons. The lowest BCUT2D eigenvalue weighted by Crippen LogP contribution is -2.09. The minimum atomic E-state index is 0.458. The van der Waals surface area contributed by atoms with Crippen molar-refractivity contribution in [1.29, 1.82) is 0 Å². The van der Waals surface area contributed by atoms with E-state index in [1.165, 1.54) is 0 Å². The highest BCUT2D eigenvalue weighted by molar-refractivity contribution is 5.53. The quantitative estimate of drug-likeness (QED) is 0.824. The average Bonchev–Trinajstić information content (AvgIpc) is 2.98. The molecule has 17 heavy (non-hydrogen) atoms. The highest BCUT2D eigenvalue weighted by atomic mass is 15.2. The molecule has 1 saturated heterocycles. The number of aromatic nitrogens is 3. The van der Waals surface area contributed by atoms with Gasteiger partial charge < -0.3 is 5.32 Å². The first-order chi connectivity index (χ1) is 8.34. The molecule has 0 aliphatic carbocycles. The fourth-order valence-electron chi connectivity index (χ4n) is 2.33. The number of aromatic amines is 1. The molecule has 0 spiro atoms. The SMILES string of the molecule is C[C@@H]1CNC[C@H]1c1nc(-c2ccccc2)n[nH]1. The van der Waals surface area contributed by atoms with Crippen LogP contribution in [0.1, 0.15) is 18.7 Å². The molecule has 0 amide bonds. The van der Waals surface area contributed by atoms with Crippen molar-refractivity contribution in [3.63, 3.8) is 0 Å². The predicted molar refractivity (Wildman–Crippen MR) is 66.6 cm³/mol. The highest BCUT2D eigenvalue weighted by Crippen LogP contribution is 2.26. The molecule has 2 heterocycles. The molecular weight excluding hydrogens is 212 g/mol. The van der Waals surface area contributed by atoms with Gasteiger partial charge in [0.1, 0.15) is 5.82 Å². The molecule has 2 aromatic rings. The van der Waals surface area contributed by atoms with E-state index in [0.717, 1.165) is 30.3 Å². The number of benzene rings is 1. The summed E-state index contributed by atoms with van der Waals surface area (Å²) in [7, 11) is 0. The first-order valence-electron chi connectivity index (χ1n) is 6.03. The van der Waals surface area contributed by atoms with E-state index < -0.39 is 0 Å². The number of hydrogen-bond acceptors (Lipinski definition) is 3. The first-order valence-corrected chi connectivity index (χ1v) is 6.03. The summed E-state index contributed by atoms with van der Waals surface area (Å²) in [4.78, 5) is 4.61. The normalized spacial score (nSPS) is 24.1. The third-order valence-electron chi connectivity index (χ3n) is 3.40. The molecule has 0 bridgehead atoms. The lowest BCUT2D eigenvalue weighted by Gasteiger charge is -2.09. The highest BCUT2D eigenvalue weighted by Gasteiger charge is 2.27. The minimum absolute atomic E-state index is 0.458. The van der Waals surface area contributed by atoms with Crippen molar-refractivity contribution in [2.45, 2.75) is 12.8 Å². The van der Waals surface area contributed by atoms with Crippen LogP contribution >= 0.6 is 0 Å². The Balaban J connectivity index is 1.88. The summed E-state index contributed by atoms with van der Waals surface area (Å²) in [5, 5.41) is 10.8. The van der Waals surface area contributed by atoms with Gasteiger partial charge in [0.25, 0.3) is 0 Å². The largest absolute Gasteiger partial charge is 0.316 e. The number of hydrogen-bond donors (Lipinski definition) is 2. The van der Waals surface area contributed by atoms with Gasteiger partial charge in [-0.3, -0.25) is 5.10 Å². The molecule has 3 rings (SSSR count). The Labute approximate surface area is 100 Å². The molecule has 4 heteroatoms. The summed E-state index contributed by atoms with van der Waals surface area (Å²) in [6, 6.07) is 10.1. The topological polar surface area (TPSA) is 53.6 Å². The van der Waals surface area contributed by atoms with Crippen LogP contribution in [0.15, 0.2) is 30.3 Å². The molecule has 1 aliphatic heterocycles. The van der Waals surface area contributed by atoms with Crippen molar-refractivity contribution in [3.8, 4) is 11.4 Å². The Morgan fingerprint density at radius 3 is 2.71 bits per heavy atom. The fourth-order valence-corrected chi connectivity index (χ4v) is 2.33. The molecule has 1 aromatic heterocycles. The van der Waals surface area contributed by atoms with Gasteiger partial charge in [-0.05, 0) is 12.5 Å². The summed E-state index contributed by atoms with van der Waals surface area (Å²) in [6.07, 6.45) is 0. The van der Waals surface area contributed by atoms with E-state index in [2.05, 4.69) is 27.4 Å². The van der Waals surface area contributed by atoms with Crippen LogP contribution in [0.25, 0.3) is 11.4 Å². The molecule has 1 aromatic carbocycles. The van der Waals surface area contributed by atoms with E-state index in [1.807, 2.05) is 30.3 Å². The number of nitrogens with zero attached hydrogens (tertiary/aromatic N) is 2. The van der Waals surface area contributed by atoms with Crippen LogP contribution in [0.2, 0.25) is 0 Å². The van der Waals surface area contributed by atoms with E-state index in [4.69, 9.17) is 0 Å². The van der Waals surface area contributed by atoms with Crippen molar-refractivity contribution >= 4 is 0 Å². The van der Waals surface area contributed by atoms with E-state index in [1.54, 1.807) is 0 Å². The smallest absolute Gasteiger partial charge is 0.181 e. The Hall–Kier alpha value is -1.68. The van der Waals surface area contributed by atoms with E-state index in [0.29, 0.717) is 11.8 Å². The van der Waals surface area contributed by atoms with Crippen LogP contribution in [-0.2, 0) is 0 Å². The number of rotatable bonds is 2. The van der Waals surface area contributed by atoms with Gasteiger partial charge in [-0.2, -0.15) is 5.10 Å². The number of H-pyrrole nitrogens is 1. The third-order valence-corrected chi connectivity index (χ3v) is 3.40. The van der Waals surface area contributed by atoms with Crippen LogP contribution in [0.5, 0.6) is 0 Å². The molecule has 1 fully saturated rings. The predicted octanol–water partition coefficient (Wildman–Crippen LogP) is 1.79. The Morgan fingerprint density at radius 1 is 1.18 bits per heavy atom. The van der Waals surface area contributed by atoms with Crippen molar-refractivity contribution in [2.24, 2.45) is 5.92 Å². The fraction of sp³-hybridized carbons (Fsp3) is 0.385. The van der Waals surface area contributed by atoms with Gasteiger partial charge in [-0.1, -0.05) is 37.3 Å². The molecule has 4 nitrogen and oxygen atoms in total. The van der Waals surface area contributed by atoms with E-state index in [9.17, 15) is 0 Å². The van der Waals surface area contributed by atoms with E-state index in [-0.39, 0.29) is 0 Å². The zero-order valence-electron chi connectivity index (χ0n) is 9.85. The standard InChI is InChI=1S/C13H16N4/c1-9-7-14-8-11(9)13-15-12(16-17-13)10-5-3-2-4-6-10/h2-6,9,11,14H,7-8H2,1H3,(H,15,16,17)/t9-,11-/m1/s1. The van der Waals surface area contributed by atoms with Gasteiger partial charge in [0.05, 0.1) is 0 Å². The second-order valence-corrected chi connectivity index (χ2v) is 4.65. The third kappa shape index (κ3) is 1.96. The maximum absolute atomic E-state index is 4.61. The Morgan fingerprint density at radius 2 is 2.00 bits per heavy atom. The number of nitrogens with one attached hydrogen (secondary N) is 2. The summed E-state index contributed by atoms with van der Waals surface area (Å²) in [5.74, 6) is 2.87. The second-order valence-electron chi connectivity index (χ2n) is 4.65. The van der Waals surface area contributed by atoms with Crippen molar-refractivity contribution in [3.05, 3.63) is 36.2 Å². The first kappa shape index (κ1) is 10.5. The van der Waals surface area contributed by atoms with Gasteiger partial charge in [0, 0.05) is 18.0 Å². The molecule has 88 valence electrons. The van der Waals surface area contributed by atoms with Crippen molar-refractivity contribution in [1.82, 2.24) is 20.5 Å². The van der Waals surface area contributed by atoms with Crippen molar-refractivity contribution < 1.29 is 0 Å². The summed E-state index contributed by atoms with van der Waals surface area (Å²) in [6.45, 7) is 4.30. The molecule has 0 unspecified atom stereocenters. The zero-order chi connectivity index (χ0) is 11.7. The monoisotopic (exact) mass is 228 g/mol. The maximum atomic E-state index is 4.61. The van der Waals surface area contributed by atoms with Crippen LogP contribution in [0, 0.1) is 5.92 Å². The average molecular weight is 228 g/mol.